The second-order valence-corrected chi connectivity index (χ2v) is 8.24. The molecule has 0 spiro atoms. The first-order valence-corrected chi connectivity index (χ1v) is 10.6. The number of benzene rings is 2. The average Bonchev–Trinajstić information content (AvgIpc) is 3.27. The Balaban J connectivity index is 1.71. The van der Waals surface area contributed by atoms with Gasteiger partial charge in [-0.15, -0.1) is 11.3 Å². The molecule has 32 heavy (non-hydrogen) atoms. The SMILES string of the molecule is CC(C)[C@H](NC(=O)c1c(F)cccc1F)C(=O)Nc1cccc(NC(=O)c2cccs2)c1. The van der Waals surface area contributed by atoms with Crippen molar-refractivity contribution in [3.05, 3.63) is 82.1 Å². The highest BCUT2D eigenvalue weighted by molar-refractivity contribution is 7.12. The summed E-state index contributed by atoms with van der Waals surface area (Å²) < 4.78 is 27.8. The Bertz CT molecular complexity index is 1110. The van der Waals surface area contributed by atoms with Crippen molar-refractivity contribution < 1.29 is 23.2 Å². The lowest BCUT2D eigenvalue weighted by atomic mass is 10.0. The summed E-state index contributed by atoms with van der Waals surface area (Å²) in [5.41, 5.74) is 0.111. The van der Waals surface area contributed by atoms with Crippen molar-refractivity contribution in [3.8, 4) is 0 Å². The number of rotatable bonds is 7. The Hall–Kier alpha value is -3.59. The molecule has 1 atom stereocenters. The van der Waals surface area contributed by atoms with Crippen LogP contribution in [0.25, 0.3) is 0 Å². The molecule has 6 nitrogen and oxygen atoms in total. The molecule has 0 bridgehead atoms. The minimum atomic E-state index is -1.05. The van der Waals surface area contributed by atoms with E-state index in [2.05, 4.69) is 16.0 Å². The fourth-order valence-electron chi connectivity index (χ4n) is 2.96. The highest BCUT2D eigenvalue weighted by Crippen LogP contribution is 2.19. The minimum Gasteiger partial charge on any atom is -0.340 e. The summed E-state index contributed by atoms with van der Waals surface area (Å²) in [7, 11) is 0. The Labute approximate surface area is 187 Å². The maximum absolute atomic E-state index is 13.9. The van der Waals surface area contributed by atoms with Crippen molar-refractivity contribution >= 4 is 40.4 Å². The van der Waals surface area contributed by atoms with Crippen molar-refractivity contribution in [1.29, 1.82) is 0 Å². The summed E-state index contributed by atoms with van der Waals surface area (Å²) in [4.78, 5) is 38.0. The van der Waals surface area contributed by atoms with E-state index in [0.29, 0.717) is 16.3 Å². The van der Waals surface area contributed by atoms with E-state index in [1.165, 1.54) is 11.3 Å². The molecule has 3 N–H and O–H groups in total. The first-order chi connectivity index (χ1) is 15.3. The van der Waals surface area contributed by atoms with Crippen LogP contribution in [0.5, 0.6) is 0 Å². The molecule has 0 unspecified atom stereocenters. The molecule has 166 valence electrons. The molecule has 3 rings (SSSR count). The van der Waals surface area contributed by atoms with Crippen LogP contribution >= 0.6 is 11.3 Å². The number of hydrogen-bond donors (Lipinski definition) is 3. The standard InChI is InChI=1S/C23H21F2N3O3S/c1-13(2)20(28-22(30)19-16(24)8-4-9-17(19)25)23(31)27-15-7-3-6-14(12-15)26-21(29)18-10-5-11-32-18/h3-13,20H,1-2H3,(H,26,29)(H,27,31)(H,28,30)/t20-/m0/s1. The van der Waals surface area contributed by atoms with Crippen LogP contribution in [0, 0.1) is 17.6 Å². The number of nitrogens with one attached hydrogen (secondary N) is 3. The largest absolute Gasteiger partial charge is 0.340 e. The Morgan fingerprint density at radius 3 is 2.06 bits per heavy atom. The highest BCUT2D eigenvalue weighted by atomic mass is 32.1. The van der Waals surface area contributed by atoms with E-state index < -0.39 is 35.1 Å². The predicted molar refractivity (Wildman–Crippen MR) is 120 cm³/mol. The molecule has 0 aliphatic carbocycles. The van der Waals surface area contributed by atoms with Crippen LogP contribution in [0.2, 0.25) is 0 Å². The summed E-state index contributed by atoms with van der Waals surface area (Å²) >= 11 is 1.30. The van der Waals surface area contributed by atoms with E-state index in [-0.39, 0.29) is 11.8 Å². The highest BCUT2D eigenvalue weighted by Gasteiger charge is 2.27. The first-order valence-electron chi connectivity index (χ1n) is 9.77. The summed E-state index contributed by atoms with van der Waals surface area (Å²) in [6.07, 6.45) is 0. The van der Waals surface area contributed by atoms with Crippen molar-refractivity contribution in [2.45, 2.75) is 19.9 Å². The number of carbonyl (C=O) groups is 3. The summed E-state index contributed by atoms with van der Waals surface area (Å²) in [6, 6.07) is 12.0. The zero-order valence-electron chi connectivity index (χ0n) is 17.3. The number of hydrogen-bond acceptors (Lipinski definition) is 4. The summed E-state index contributed by atoms with van der Waals surface area (Å²) in [6.45, 7) is 3.39. The van der Waals surface area contributed by atoms with E-state index in [0.717, 1.165) is 18.2 Å². The van der Waals surface area contributed by atoms with Crippen LogP contribution < -0.4 is 16.0 Å². The van der Waals surface area contributed by atoms with Gasteiger partial charge in [-0.05, 0) is 47.7 Å². The van der Waals surface area contributed by atoms with Gasteiger partial charge in [0, 0.05) is 11.4 Å². The van der Waals surface area contributed by atoms with Crippen molar-refractivity contribution in [3.63, 3.8) is 0 Å². The fourth-order valence-corrected chi connectivity index (χ4v) is 3.58. The molecule has 0 saturated carbocycles. The number of anilines is 2. The first kappa shape index (κ1) is 23.1. The van der Waals surface area contributed by atoms with Gasteiger partial charge in [-0.25, -0.2) is 8.78 Å². The maximum atomic E-state index is 13.9. The van der Waals surface area contributed by atoms with E-state index in [4.69, 9.17) is 0 Å². The number of thiophene rings is 1. The molecule has 0 radical (unpaired) electrons. The van der Waals surface area contributed by atoms with Gasteiger partial charge in [0.25, 0.3) is 11.8 Å². The smallest absolute Gasteiger partial charge is 0.265 e. The lowest BCUT2D eigenvalue weighted by Crippen LogP contribution is -2.47. The van der Waals surface area contributed by atoms with Gasteiger partial charge in [0.2, 0.25) is 5.91 Å². The van der Waals surface area contributed by atoms with Gasteiger partial charge in [-0.3, -0.25) is 14.4 Å². The second-order valence-electron chi connectivity index (χ2n) is 7.29. The van der Waals surface area contributed by atoms with Gasteiger partial charge >= 0.3 is 0 Å². The van der Waals surface area contributed by atoms with Crippen LogP contribution in [-0.2, 0) is 4.79 Å². The fraction of sp³-hybridized carbons (Fsp3) is 0.174. The molecule has 1 aromatic heterocycles. The monoisotopic (exact) mass is 457 g/mol. The maximum Gasteiger partial charge on any atom is 0.265 e. The van der Waals surface area contributed by atoms with Gasteiger partial charge in [0.1, 0.15) is 23.2 Å². The number of carbonyl (C=O) groups excluding carboxylic acids is 3. The van der Waals surface area contributed by atoms with Crippen molar-refractivity contribution in [2.75, 3.05) is 10.6 Å². The van der Waals surface area contributed by atoms with E-state index >= 15 is 0 Å². The number of amides is 3. The lowest BCUT2D eigenvalue weighted by molar-refractivity contribution is -0.118. The van der Waals surface area contributed by atoms with Crippen LogP contribution in [-0.4, -0.2) is 23.8 Å². The minimum absolute atomic E-state index is 0.275. The topological polar surface area (TPSA) is 87.3 Å². The van der Waals surface area contributed by atoms with Crippen LogP contribution in [0.3, 0.4) is 0 Å². The predicted octanol–water partition coefficient (Wildman–Crippen LogP) is 4.67. The third-order valence-corrected chi connectivity index (χ3v) is 5.43. The molecular weight excluding hydrogens is 436 g/mol. The summed E-state index contributed by atoms with van der Waals surface area (Å²) in [5, 5.41) is 9.60. The Morgan fingerprint density at radius 1 is 0.844 bits per heavy atom. The zero-order chi connectivity index (χ0) is 23.3. The molecule has 9 heteroatoms. The third-order valence-electron chi connectivity index (χ3n) is 4.56. The Morgan fingerprint density at radius 2 is 1.47 bits per heavy atom. The van der Waals surface area contributed by atoms with Gasteiger partial charge in [0.05, 0.1) is 4.88 Å². The molecule has 3 amide bonds. The normalized spacial score (nSPS) is 11.7. The van der Waals surface area contributed by atoms with Crippen molar-refractivity contribution in [2.24, 2.45) is 5.92 Å². The van der Waals surface area contributed by atoms with Crippen LogP contribution in [0.4, 0.5) is 20.2 Å². The third kappa shape index (κ3) is 5.55. The van der Waals surface area contributed by atoms with Crippen LogP contribution in [0.1, 0.15) is 33.9 Å². The van der Waals surface area contributed by atoms with E-state index in [1.807, 2.05) is 0 Å². The Kier molecular flexibility index (Phi) is 7.32. The molecule has 0 aliphatic rings. The molecule has 1 heterocycles. The van der Waals surface area contributed by atoms with Crippen LogP contribution in [0.15, 0.2) is 60.0 Å². The van der Waals surface area contributed by atoms with Gasteiger partial charge in [-0.1, -0.05) is 32.0 Å². The molecule has 0 aliphatic heterocycles. The zero-order valence-corrected chi connectivity index (χ0v) is 18.1. The van der Waals surface area contributed by atoms with Crippen molar-refractivity contribution in [1.82, 2.24) is 5.32 Å². The molecule has 0 saturated heterocycles. The molecule has 0 fully saturated rings. The summed E-state index contributed by atoms with van der Waals surface area (Å²) in [5.74, 6) is -4.25. The molecular formula is C23H21F2N3O3S. The quantitative estimate of drug-likeness (QED) is 0.482. The second kappa shape index (κ2) is 10.1. The van der Waals surface area contributed by atoms with Gasteiger partial charge in [-0.2, -0.15) is 0 Å². The van der Waals surface area contributed by atoms with Gasteiger partial charge < -0.3 is 16.0 Å². The number of halogens is 2. The lowest BCUT2D eigenvalue weighted by Gasteiger charge is -2.22. The molecule has 2 aromatic carbocycles. The average molecular weight is 458 g/mol. The molecule has 3 aromatic rings. The van der Waals surface area contributed by atoms with E-state index in [1.54, 1.807) is 55.6 Å². The van der Waals surface area contributed by atoms with E-state index in [9.17, 15) is 23.2 Å². The van der Waals surface area contributed by atoms with Gasteiger partial charge in [0.15, 0.2) is 0 Å².